The number of phosphoric ester groups is 1. The average molecular weight is 1060 g/mol. The van der Waals surface area contributed by atoms with E-state index < -0.39 is 57.8 Å². The van der Waals surface area contributed by atoms with Crippen molar-refractivity contribution < 1.29 is 52.2 Å². The van der Waals surface area contributed by atoms with Gasteiger partial charge >= 0.3 is 25.7 Å². The second kappa shape index (κ2) is 56.1. The van der Waals surface area contributed by atoms with Gasteiger partial charge in [0.15, 0.2) is 6.10 Å². The molecule has 0 rings (SSSR count). The lowest BCUT2D eigenvalue weighted by atomic mass is 10.0. The van der Waals surface area contributed by atoms with Crippen LogP contribution in [-0.4, -0.2) is 66.5 Å². The molecular weight excluding hydrogens is 952 g/mol. The zero-order valence-electron chi connectivity index (χ0n) is 47.3. The molecule has 0 fully saturated rings. The molecule has 0 aromatic rings. The molecule has 3 unspecified atom stereocenters. The van der Waals surface area contributed by atoms with Crippen molar-refractivity contribution in [3.05, 3.63) is 72.9 Å². The Labute approximate surface area is 452 Å². The Morgan fingerprint density at radius 1 is 0.392 bits per heavy atom. The third-order valence-corrected chi connectivity index (χ3v) is 13.6. The number of aliphatic hydroxyl groups is 1. The molecule has 11 nitrogen and oxygen atoms in total. The molecule has 0 radical (unpaired) electrons. The number of aliphatic hydroxyl groups excluding tert-OH is 1. The van der Waals surface area contributed by atoms with Gasteiger partial charge in [-0.2, -0.15) is 0 Å². The van der Waals surface area contributed by atoms with Crippen LogP contribution in [0.15, 0.2) is 72.9 Å². The van der Waals surface area contributed by atoms with Crippen molar-refractivity contribution in [1.29, 1.82) is 0 Å². The standard InChI is InChI=1S/C62H109O11P/c1-4-7-10-13-16-19-22-25-27-28-29-30-32-35-38-41-44-47-50-53-62(66)73-59(55-69-60(64)51-48-45-42-39-36-33-24-21-18-15-12-9-6-3)57-71-74(67,68)70-56-58(54-63)72-61(65)52-49-46-43-40-37-34-31-26-23-20-17-14-11-8-5-2/h7,10,16,19,25-27,29-31,35,38,58-59,63H,4-6,8-9,11-15,17-18,20-24,28,32-34,36-37,39-57H2,1-3H3,(H,67,68)/b10-7-,19-16-,27-25-,30-29-,31-26-,38-35-. The van der Waals surface area contributed by atoms with Gasteiger partial charge < -0.3 is 24.2 Å². The fourth-order valence-electron chi connectivity index (χ4n) is 8.08. The minimum Gasteiger partial charge on any atom is -0.462 e. The fraction of sp³-hybridized carbons (Fsp3) is 0.758. The van der Waals surface area contributed by atoms with Crippen LogP contribution in [0.5, 0.6) is 0 Å². The minimum atomic E-state index is -4.76. The summed E-state index contributed by atoms with van der Waals surface area (Å²) in [7, 11) is -4.76. The summed E-state index contributed by atoms with van der Waals surface area (Å²) in [5, 5.41) is 9.82. The maximum Gasteiger partial charge on any atom is 0.472 e. The molecule has 0 aliphatic heterocycles. The van der Waals surface area contributed by atoms with Gasteiger partial charge in [-0.05, 0) is 89.9 Å². The lowest BCUT2D eigenvalue weighted by Crippen LogP contribution is -2.30. The number of hydrogen-bond acceptors (Lipinski definition) is 10. The maximum atomic E-state index is 12.9. The molecule has 0 saturated heterocycles. The number of carbonyl (C=O) groups excluding carboxylic acids is 3. The number of hydrogen-bond donors (Lipinski definition) is 2. The van der Waals surface area contributed by atoms with Crippen LogP contribution in [0.4, 0.5) is 0 Å². The average Bonchev–Trinajstić information content (AvgIpc) is 3.39. The Kier molecular flexibility index (Phi) is 53.8. The highest BCUT2D eigenvalue weighted by molar-refractivity contribution is 7.47. The molecule has 2 N–H and O–H groups in total. The largest absolute Gasteiger partial charge is 0.472 e. The highest BCUT2D eigenvalue weighted by atomic mass is 31.2. The molecule has 0 bridgehead atoms. The Hall–Kier alpha value is -3.08. The van der Waals surface area contributed by atoms with Crippen LogP contribution in [0.25, 0.3) is 0 Å². The zero-order valence-corrected chi connectivity index (χ0v) is 48.2. The quantitative estimate of drug-likeness (QED) is 0.0197. The van der Waals surface area contributed by atoms with E-state index in [1.54, 1.807) is 0 Å². The van der Waals surface area contributed by atoms with E-state index in [4.69, 9.17) is 23.3 Å². The van der Waals surface area contributed by atoms with Gasteiger partial charge in [-0.3, -0.25) is 23.4 Å². The van der Waals surface area contributed by atoms with Crippen molar-refractivity contribution in [3.63, 3.8) is 0 Å². The van der Waals surface area contributed by atoms with E-state index in [1.807, 2.05) is 0 Å². The monoisotopic (exact) mass is 1060 g/mol. The summed E-state index contributed by atoms with van der Waals surface area (Å²) >= 11 is 0. The van der Waals surface area contributed by atoms with Crippen LogP contribution in [0, 0.1) is 0 Å². The molecule has 0 amide bonds. The molecule has 0 heterocycles. The first-order valence-corrected chi connectivity index (χ1v) is 31.3. The normalized spacial score (nSPS) is 13.9. The first-order valence-electron chi connectivity index (χ1n) is 29.8. The summed E-state index contributed by atoms with van der Waals surface area (Å²) in [4.78, 5) is 48.6. The van der Waals surface area contributed by atoms with E-state index in [-0.39, 0.29) is 25.9 Å². The third-order valence-electron chi connectivity index (χ3n) is 12.6. The van der Waals surface area contributed by atoms with Crippen LogP contribution in [-0.2, 0) is 42.2 Å². The molecule has 74 heavy (non-hydrogen) atoms. The molecule has 3 atom stereocenters. The van der Waals surface area contributed by atoms with Crippen molar-refractivity contribution in [2.45, 2.75) is 277 Å². The number of unbranched alkanes of at least 4 members (excludes halogenated alkanes) is 26. The van der Waals surface area contributed by atoms with Crippen LogP contribution >= 0.6 is 7.82 Å². The van der Waals surface area contributed by atoms with E-state index in [0.29, 0.717) is 19.3 Å². The number of ether oxygens (including phenoxy) is 3. The first kappa shape index (κ1) is 70.9. The highest BCUT2D eigenvalue weighted by Crippen LogP contribution is 2.43. The molecule has 0 aliphatic carbocycles. The van der Waals surface area contributed by atoms with Gasteiger partial charge in [0.05, 0.1) is 19.8 Å². The summed E-state index contributed by atoms with van der Waals surface area (Å²) in [6.07, 6.45) is 62.8. The third kappa shape index (κ3) is 53.7. The number of phosphoric acid groups is 1. The zero-order chi connectivity index (χ0) is 54.1. The van der Waals surface area contributed by atoms with Crippen molar-refractivity contribution in [2.75, 3.05) is 26.4 Å². The lowest BCUT2D eigenvalue weighted by Gasteiger charge is -2.21. The van der Waals surface area contributed by atoms with Gasteiger partial charge in [0.25, 0.3) is 0 Å². The number of carbonyl (C=O) groups is 3. The van der Waals surface area contributed by atoms with E-state index in [0.717, 1.165) is 109 Å². The molecule has 428 valence electrons. The second-order valence-electron chi connectivity index (χ2n) is 19.8. The Morgan fingerprint density at radius 3 is 1.11 bits per heavy atom. The molecule has 12 heteroatoms. The smallest absolute Gasteiger partial charge is 0.462 e. The summed E-state index contributed by atoms with van der Waals surface area (Å²) in [6.45, 7) is 4.50. The molecule has 0 aliphatic rings. The molecule has 0 saturated carbocycles. The van der Waals surface area contributed by atoms with Gasteiger partial charge in [-0.1, -0.05) is 229 Å². The summed E-state index contributed by atoms with van der Waals surface area (Å²) < 4.78 is 39.5. The number of allylic oxidation sites excluding steroid dienone is 12. The topological polar surface area (TPSA) is 155 Å². The van der Waals surface area contributed by atoms with Gasteiger partial charge in [-0.15, -0.1) is 0 Å². The maximum absolute atomic E-state index is 12.9. The van der Waals surface area contributed by atoms with Crippen LogP contribution in [0.2, 0.25) is 0 Å². The highest BCUT2D eigenvalue weighted by Gasteiger charge is 2.28. The Morgan fingerprint density at radius 2 is 0.703 bits per heavy atom. The van der Waals surface area contributed by atoms with E-state index >= 15 is 0 Å². The van der Waals surface area contributed by atoms with E-state index in [1.165, 1.54) is 96.3 Å². The lowest BCUT2D eigenvalue weighted by molar-refractivity contribution is -0.161. The Balaban J connectivity index is 4.76. The van der Waals surface area contributed by atoms with E-state index in [9.17, 15) is 28.9 Å². The van der Waals surface area contributed by atoms with E-state index in [2.05, 4.69) is 93.7 Å². The predicted octanol–water partition coefficient (Wildman–Crippen LogP) is 17.7. The Bertz CT molecular complexity index is 1520. The van der Waals surface area contributed by atoms with Crippen molar-refractivity contribution in [2.24, 2.45) is 0 Å². The summed E-state index contributed by atoms with van der Waals surface area (Å²) in [5.41, 5.74) is 0. The molecule has 0 aromatic heterocycles. The molecular formula is C62H109O11P. The van der Waals surface area contributed by atoms with Gasteiger partial charge in [0.2, 0.25) is 0 Å². The summed E-state index contributed by atoms with van der Waals surface area (Å²) in [6, 6.07) is 0. The van der Waals surface area contributed by atoms with Crippen LogP contribution in [0.3, 0.4) is 0 Å². The molecule has 0 spiro atoms. The fourth-order valence-corrected chi connectivity index (χ4v) is 8.87. The van der Waals surface area contributed by atoms with Gasteiger partial charge in [0.1, 0.15) is 12.7 Å². The van der Waals surface area contributed by atoms with Gasteiger partial charge in [-0.25, -0.2) is 4.57 Å². The molecule has 0 aromatic carbocycles. The van der Waals surface area contributed by atoms with Crippen LogP contribution in [0.1, 0.15) is 265 Å². The number of esters is 3. The summed E-state index contributed by atoms with van der Waals surface area (Å²) in [5.74, 6) is -1.50. The second-order valence-corrected chi connectivity index (χ2v) is 21.2. The van der Waals surface area contributed by atoms with Crippen molar-refractivity contribution >= 4 is 25.7 Å². The first-order chi connectivity index (χ1) is 36.2. The van der Waals surface area contributed by atoms with Crippen molar-refractivity contribution in [1.82, 2.24) is 0 Å². The van der Waals surface area contributed by atoms with Gasteiger partial charge in [0, 0.05) is 19.3 Å². The number of rotatable bonds is 55. The van der Waals surface area contributed by atoms with Crippen LogP contribution < -0.4 is 0 Å². The minimum absolute atomic E-state index is 0.128. The SMILES string of the molecule is CC/C=C\C/C=C\C/C=C\C/C=C\C/C=C\CCCCCC(=O)OC(COC(=O)CCCCCCCCCCCCCCC)COP(=O)(O)OCC(CO)OC(=O)CCCCCCC/C=C\CCCCCCCC. The van der Waals surface area contributed by atoms with Crippen molar-refractivity contribution in [3.8, 4) is 0 Å². The predicted molar refractivity (Wildman–Crippen MR) is 307 cm³/mol.